The van der Waals surface area contributed by atoms with Gasteiger partial charge in [-0.2, -0.15) is 0 Å². The third-order valence-corrected chi connectivity index (χ3v) is 3.60. The normalized spacial score (nSPS) is 11.2. The maximum Gasteiger partial charge on any atom is 0.251 e. The third-order valence-electron chi connectivity index (χ3n) is 3.60. The van der Waals surface area contributed by atoms with E-state index in [-0.39, 0.29) is 42.6 Å². The van der Waals surface area contributed by atoms with E-state index in [1.165, 1.54) is 0 Å². The van der Waals surface area contributed by atoms with Crippen LogP contribution in [0.4, 0.5) is 0 Å². The SMILES string of the molecule is CNC(=O)c1cccc(CCNC(=O)CNC(=O)[C@@H](N)C(C)C)c1.Cl. The van der Waals surface area contributed by atoms with Gasteiger partial charge in [0.15, 0.2) is 0 Å². The molecule has 0 radical (unpaired) electrons. The molecule has 1 aromatic rings. The highest BCUT2D eigenvalue weighted by Gasteiger charge is 2.17. The first kappa shape index (κ1) is 22.9. The number of halogens is 1. The van der Waals surface area contributed by atoms with E-state index < -0.39 is 6.04 Å². The summed E-state index contributed by atoms with van der Waals surface area (Å²) in [6.45, 7) is 4.01. The van der Waals surface area contributed by atoms with Crippen molar-refractivity contribution in [2.24, 2.45) is 11.7 Å². The molecule has 0 bridgehead atoms. The van der Waals surface area contributed by atoms with Crippen LogP contribution in [0.3, 0.4) is 0 Å². The van der Waals surface area contributed by atoms with Crippen LogP contribution in [0.2, 0.25) is 0 Å². The Hall–Kier alpha value is -2.12. The first-order chi connectivity index (χ1) is 11.3. The molecule has 0 aliphatic rings. The second-order valence-corrected chi connectivity index (χ2v) is 5.87. The highest BCUT2D eigenvalue weighted by molar-refractivity contribution is 5.94. The molecule has 0 fully saturated rings. The van der Waals surface area contributed by atoms with E-state index in [1.54, 1.807) is 25.2 Å². The molecule has 1 aromatic carbocycles. The maximum absolute atomic E-state index is 11.7. The predicted octanol–water partition coefficient (Wildman–Crippen LogP) is 0.226. The van der Waals surface area contributed by atoms with E-state index >= 15 is 0 Å². The van der Waals surface area contributed by atoms with Crippen LogP contribution < -0.4 is 21.7 Å². The molecule has 25 heavy (non-hydrogen) atoms. The van der Waals surface area contributed by atoms with Crippen LogP contribution in [0.1, 0.15) is 29.8 Å². The minimum absolute atomic E-state index is 0. The Morgan fingerprint density at radius 1 is 1.16 bits per heavy atom. The zero-order valence-electron chi connectivity index (χ0n) is 14.8. The summed E-state index contributed by atoms with van der Waals surface area (Å²) >= 11 is 0. The second-order valence-electron chi connectivity index (χ2n) is 5.87. The summed E-state index contributed by atoms with van der Waals surface area (Å²) in [6, 6.07) is 6.59. The van der Waals surface area contributed by atoms with Gasteiger partial charge in [0.25, 0.3) is 5.91 Å². The topological polar surface area (TPSA) is 113 Å². The molecule has 1 atom stereocenters. The molecular formula is C17H27ClN4O3. The zero-order valence-corrected chi connectivity index (χ0v) is 15.6. The van der Waals surface area contributed by atoms with Crippen LogP contribution >= 0.6 is 12.4 Å². The van der Waals surface area contributed by atoms with E-state index in [0.717, 1.165) is 5.56 Å². The lowest BCUT2D eigenvalue weighted by Crippen LogP contribution is -2.47. The molecule has 1 rings (SSSR count). The molecule has 3 amide bonds. The van der Waals surface area contributed by atoms with Crippen molar-refractivity contribution in [1.82, 2.24) is 16.0 Å². The summed E-state index contributed by atoms with van der Waals surface area (Å²) in [6.07, 6.45) is 0.593. The van der Waals surface area contributed by atoms with Gasteiger partial charge in [0.2, 0.25) is 11.8 Å². The highest BCUT2D eigenvalue weighted by Crippen LogP contribution is 2.05. The molecular weight excluding hydrogens is 344 g/mol. The number of hydrogen-bond donors (Lipinski definition) is 4. The van der Waals surface area contributed by atoms with Gasteiger partial charge < -0.3 is 21.7 Å². The summed E-state index contributed by atoms with van der Waals surface area (Å²) in [4.78, 5) is 34.9. The van der Waals surface area contributed by atoms with Crippen LogP contribution in [-0.2, 0) is 16.0 Å². The number of carbonyl (C=O) groups is 3. The first-order valence-corrected chi connectivity index (χ1v) is 7.96. The zero-order chi connectivity index (χ0) is 18.1. The van der Waals surface area contributed by atoms with E-state index in [0.29, 0.717) is 18.5 Å². The molecule has 0 saturated carbocycles. The number of carbonyl (C=O) groups excluding carboxylic acids is 3. The standard InChI is InChI=1S/C17H26N4O3.ClH/c1-11(2)15(18)17(24)21-10-14(22)20-8-7-12-5-4-6-13(9-12)16(23)19-3;/h4-6,9,11,15H,7-8,10,18H2,1-3H3,(H,19,23)(H,20,22)(H,21,24);1H/t15-;/m0./s1. The van der Waals surface area contributed by atoms with Gasteiger partial charge in [-0.1, -0.05) is 26.0 Å². The molecule has 0 saturated heterocycles. The van der Waals surface area contributed by atoms with E-state index in [1.807, 2.05) is 19.9 Å². The summed E-state index contributed by atoms with van der Waals surface area (Å²) in [5, 5.41) is 7.81. The highest BCUT2D eigenvalue weighted by atomic mass is 35.5. The van der Waals surface area contributed by atoms with Gasteiger partial charge in [0.1, 0.15) is 0 Å². The Morgan fingerprint density at radius 2 is 1.84 bits per heavy atom. The number of nitrogens with one attached hydrogen (secondary N) is 3. The van der Waals surface area contributed by atoms with Crippen LogP contribution in [0.25, 0.3) is 0 Å². The van der Waals surface area contributed by atoms with Crippen molar-refractivity contribution in [2.45, 2.75) is 26.3 Å². The van der Waals surface area contributed by atoms with Gasteiger partial charge in [-0.25, -0.2) is 0 Å². The number of amides is 3. The van der Waals surface area contributed by atoms with Gasteiger partial charge in [-0.15, -0.1) is 12.4 Å². The largest absolute Gasteiger partial charge is 0.355 e. The fourth-order valence-corrected chi connectivity index (χ4v) is 2.01. The number of hydrogen-bond acceptors (Lipinski definition) is 4. The molecule has 0 heterocycles. The van der Waals surface area contributed by atoms with Crippen LogP contribution in [0, 0.1) is 5.92 Å². The lowest BCUT2D eigenvalue weighted by atomic mass is 10.1. The summed E-state index contributed by atoms with van der Waals surface area (Å²) < 4.78 is 0. The van der Waals surface area contributed by atoms with Crippen molar-refractivity contribution in [3.63, 3.8) is 0 Å². The minimum Gasteiger partial charge on any atom is -0.355 e. The Morgan fingerprint density at radius 3 is 2.44 bits per heavy atom. The van der Waals surface area contributed by atoms with Crippen molar-refractivity contribution >= 4 is 30.1 Å². The quantitative estimate of drug-likeness (QED) is 0.524. The summed E-state index contributed by atoms with van der Waals surface area (Å²) in [7, 11) is 1.58. The van der Waals surface area contributed by atoms with Crippen molar-refractivity contribution in [3.05, 3.63) is 35.4 Å². The lowest BCUT2D eigenvalue weighted by Gasteiger charge is -2.15. The minimum atomic E-state index is -0.620. The average molecular weight is 371 g/mol. The third kappa shape index (κ3) is 8.00. The first-order valence-electron chi connectivity index (χ1n) is 7.96. The number of rotatable bonds is 8. The van der Waals surface area contributed by atoms with Crippen molar-refractivity contribution < 1.29 is 14.4 Å². The molecule has 0 aliphatic heterocycles. The van der Waals surface area contributed by atoms with Gasteiger partial charge in [-0.3, -0.25) is 14.4 Å². The lowest BCUT2D eigenvalue weighted by molar-refractivity contribution is -0.127. The maximum atomic E-state index is 11.7. The number of benzene rings is 1. The molecule has 140 valence electrons. The molecule has 7 nitrogen and oxygen atoms in total. The fraction of sp³-hybridized carbons (Fsp3) is 0.471. The van der Waals surface area contributed by atoms with Gasteiger partial charge >= 0.3 is 0 Å². The second kappa shape index (κ2) is 11.4. The summed E-state index contributed by atoms with van der Waals surface area (Å²) in [5.41, 5.74) is 7.22. The van der Waals surface area contributed by atoms with E-state index in [2.05, 4.69) is 16.0 Å². The fourth-order valence-electron chi connectivity index (χ4n) is 2.01. The Bertz CT molecular complexity index is 593. The van der Waals surface area contributed by atoms with Crippen LogP contribution in [0.5, 0.6) is 0 Å². The van der Waals surface area contributed by atoms with Crippen LogP contribution in [-0.4, -0.2) is 43.9 Å². The van der Waals surface area contributed by atoms with Gasteiger partial charge in [0, 0.05) is 19.2 Å². The predicted molar refractivity (Wildman–Crippen MR) is 99.6 cm³/mol. The Kier molecular flexibility index (Phi) is 10.5. The van der Waals surface area contributed by atoms with E-state index in [9.17, 15) is 14.4 Å². The van der Waals surface area contributed by atoms with Gasteiger partial charge in [-0.05, 0) is 30.0 Å². The van der Waals surface area contributed by atoms with Gasteiger partial charge in [0.05, 0.1) is 12.6 Å². The molecule has 8 heteroatoms. The average Bonchev–Trinajstić information content (AvgIpc) is 2.58. The molecule has 0 aliphatic carbocycles. The molecule has 0 unspecified atom stereocenters. The monoisotopic (exact) mass is 370 g/mol. The van der Waals surface area contributed by atoms with E-state index in [4.69, 9.17) is 5.73 Å². The van der Waals surface area contributed by atoms with Crippen molar-refractivity contribution in [2.75, 3.05) is 20.1 Å². The molecule has 0 spiro atoms. The molecule has 5 N–H and O–H groups in total. The van der Waals surface area contributed by atoms with Crippen molar-refractivity contribution in [1.29, 1.82) is 0 Å². The smallest absolute Gasteiger partial charge is 0.251 e. The van der Waals surface area contributed by atoms with Crippen LogP contribution in [0.15, 0.2) is 24.3 Å². The Labute approximate surface area is 154 Å². The molecule has 0 aromatic heterocycles. The number of nitrogens with two attached hydrogens (primary N) is 1. The Balaban J connectivity index is 0.00000576. The summed E-state index contributed by atoms with van der Waals surface area (Å²) in [5.74, 6) is -0.745. The van der Waals surface area contributed by atoms with Crippen molar-refractivity contribution in [3.8, 4) is 0 Å².